The Bertz CT molecular complexity index is 1210. The molecule has 4 rings (SSSR count). The molecular formula is C29H31BrN2O5. The van der Waals surface area contributed by atoms with Gasteiger partial charge in [0.1, 0.15) is 18.1 Å². The number of rotatable bonds is 12. The Labute approximate surface area is 225 Å². The predicted octanol–water partition coefficient (Wildman–Crippen LogP) is 4.34. The quantitative estimate of drug-likeness (QED) is 0.318. The normalized spacial score (nSPS) is 16.6. The maximum atomic E-state index is 13.6. The lowest BCUT2D eigenvalue weighted by Gasteiger charge is -2.24. The van der Waals surface area contributed by atoms with Crippen molar-refractivity contribution in [2.24, 2.45) is 4.99 Å². The van der Waals surface area contributed by atoms with Gasteiger partial charge < -0.3 is 24.6 Å². The van der Waals surface area contributed by atoms with Gasteiger partial charge in [-0.3, -0.25) is 4.79 Å². The minimum atomic E-state index is -1.09. The van der Waals surface area contributed by atoms with Crippen molar-refractivity contribution in [1.29, 1.82) is 0 Å². The minimum absolute atomic E-state index is 0.0878. The van der Waals surface area contributed by atoms with Gasteiger partial charge >= 0.3 is 0 Å². The van der Waals surface area contributed by atoms with Crippen molar-refractivity contribution in [1.82, 2.24) is 5.32 Å². The molecule has 8 heteroatoms. The van der Waals surface area contributed by atoms with Gasteiger partial charge in [0, 0.05) is 36.0 Å². The van der Waals surface area contributed by atoms with Crippen LogP contribution in [0.25, 0.3) is 0 Å². The molecule has 0 saturated carbocycles. The summed E-state index contributed by atoms with van der Waals surface area (Å²) in [5.74, 6) is 1.76. The second kappa shape index (κ2) is 12.7. The Hall–Kier alpha value is -3.36. The van der Waals surface area contributed by atoms with Crippen LogP contribution in [0.4, 0.5) is 0 Å². The molecule has 0 saturated heterocycles. The summed E-state index contributed by atoms with van der Waals surface area (Å²) in [5, 5.41) is 12.0. The van der Waals surface area contributed by atoms with Gasteiger partial charge in [-0.1, -0.05) is 46.3 Å². The largest absolute Gasteiger partial charge is 0.497 e. The molecule has 194 valence electrons. The first-order valence-corrected chi connectivity index (χ1v) is 13.0. The van der Waals surface area contributed by atoms with Crippen molar-refractivity contribution in [3.63, 3.8) is 0 Å². The molecule has 0 unspecified atom stereocenters. The third-order valence-corrected chi connectivity index (χ3v) is 6.93. The minimum Gasteiger partial charge on any atom is -0.497 e. The van der Waals surface area contributed by atoms with Crippen molar-refractivity contribution in [3.05, 3.63) is 94.0 Å². The fourth-order valence-corrected chi connectivity index (χ4v) is 4.49. The molecule has 0 radical (unpaired) electrons. The highest BCUT2D eigenvalue weighted by Crippen LogP contribution is 2.30. The number of nitrogens with zero attached hydrogens (tertiary/aromatic N) is 1. The van der Waals surface area contributed by atoms with Crippen molar-refractivity contribution >= 4 is 27.7 Å². The molecule has 1 amide bonds. The zero-order valence-electron chi connectivity index (χ0n) is 20.8. The molecule has 3 aromatic rings. The fraction of sp³-hybridized carbons (Fsp3) is 0.310. The summed E-state index contributed by atoms with van der Waals surface area (Å²) >= 11 is 3.60. The van der Waals surface area contributed by atoms with E-state index in [-0.39, 0.29) is 19.1 Å². The number of ether oxygens (including phenoxy) is 3. The number of benzene rings is 3. The highest BCUT2D eigenvalue weighted by molar-refractivity contribution is 9.10. The van der Waals surface area contributed by atoms with Crippen LogP contribution in [0.1, 0.15) is 23.1 Å². The van der Waals surface area contributed by atoms with E-state index in [1.54, 1.807) is 7.11 Å². The maximum Gasteiger partial charge on any atom is 0.251 e. The van der Waals surface area contributed by atoms with Gasteiger partial charge in [0.15, 0.2) is 5.54 Å². The van der Waals surface area contributed by atoms with Crippen LogP contribution >= 0.6 is 15.9 Å². The molecule has 0 aliphatic carbocycles. The number of halogens is 1. The standard InChI is InChI=1S/C29H31BrN2O5/c1-35-24-11-7-21(8-12-24)15-16-31-28(34)29(19-23-5-2-3-6-26(23)30)20-37-27(32-29)22-9-13-25(14-10-22)36-18-4-17-33/h2-3,5-14,33H,4,15-20H2,1H3,(H,31,34)/t29-/m1/s1. The molecule has 1 aliphatic heterocycles. The fourth-order valence-electron chi connectivity index (χ4n) is 4.06. The lowest BCUT2D eigenvalue weighted by molar-refractivity contribution is -0.126. The zero-order chi connectivity index (χ0) is 26.1. The number of hydrogen-bond donors (Lipinski definition) is 2. The van der Waals surface area contributed by atoms with E-state index in [1.807, 2.05) is 72.8 Å². The number of nitrogens with one attached hydrogen (secondary N) is 1. The number of amides is 1. The molecule has 0 spiro atoms. The van der Waals surface area contributed by atoms with Gasteiger partial charge in [0.2, 0.25) is 5.90 Å². The van der Waals surface area contributed by atoms with Gasteiger partial charge in [0.25, 0.3) is 5.91 Å². The monoisotopic (exact) mass is 566 g/mol. The number of aliphatic hydroxyl groups excluding tert-OH is 1. The van der Waals surface area contributed by atoms with Crippen LogP contribution in [0, 0.1) is 0 Å². The van der Waals surface area contributed by atoms with Crippen LogP contribution in [-0.2, 0) is 22.4 Å². The Morgan fingerprint density at radius 1 is 1.08 bits per heavy atom. The number of carbonyl (C=O) groups is 1. The molecule has 1 atom stereocenters. The third kappa shape index (κ3) is 6.90. The van der Waals surface area contributed by atoms with E-state index >= 15 is 0 Å². The molecule has 1 heterocycles. The van der Waals surface area contributed by atoms with E-state index in [0.29, 0.717) is 44.1 Å². The van der Waals surface area contributed by atoms with E-state index in [1.165, 1.54) is 0 Å². The molecule has 1 aliphatic rings. The van der Waals surface area contributed by atoms with Crippen molar-refractivity contribution in [2.45, 2.75) is 24.8 Å². The summed E-state index contributed by atoms with van der Waals surface area (Å²) < 4.78 is 17.8. The summed E-state index contributed by atoms with van der Waals surface area (Å²) in [6.07, 6.45) is 1.66. The summed E-state index contributed by atoms with van der Waals surface area (Å²) in [7, 11) is 1.64. The predicted molar refractivity (Wildman–Crippen MR) is 146 cm³/mol. The Morgan fingerprint density at radius 3 is 2.51 bits per heavy atom. The van der Waals surface area contributed by atoms with E-state index in [9.17, 15) is 4.79 Å². The molecule has 7 nitrogen and oxygen atoms in total. The molecule has 0 bridgehead atoms. The lowest BCUT2D eigenvalue weighted by atomic mass is 9.91. The maximum absolute atomic E-state index is 13.6. The van der Waals surface area contributed by atoms with Crippen molar-refractivity contribution in [3.8, 4) is 11.5 Å². The van der Waals surface area contributed by atoms with Gasteiger partial charge in [-0.25, -0.2) is 4.99 Å². The van der Waals surface area contributed by atoms with Gasteiger partial charge in [-0.15, -0.1) is 0 Å². The number of aliphatic imine (C=N–C) groups is 1. The zero-order valence-corrected chi connectivity index (χ0v) is 22.4. The molecular weight excluding hydrogens is 536 g/mol. The van der Waals surface area contributed by atoms with E-state index in [0.717, 1.165) is 26.9 Å². The first-order chi connectivity index (χ1) is 18.0. The summed E-state index contributed by atoms with van der Waals surface area (Å²) in [4.78, 5) is 18.4. The van der Waals surface area contributed by atoms with Crippen LogP contribution in [0.5, 0.6) is 11.5 Å². The van der Waals surface area contributed by atoms with Gasteiger partial charge in [-0.2, -0.15) is 0 Å². The van der Waals surface area contributed by atoms with Crippen LogP contribution in [0.15, 0.2) is 82.3 Å². The Balaban J connectivity index is 1.50. The molecule has 0 aromatic heterocycles. The smallest absolute Gasteiger partial charge is 0.251 e. The average molecular weight is 567 g/mol. The van der Waals surface area contributed by atoms with Crippen molar-refractivity contribution < 1.29 is 24.1 Å². The SMILES string of the molecule is COc1ccc(CCNC(=O)[C@@]2(Cc3ccccc3Br)COC(c3ccc(OCCCO)cc3)=N2)cc1. The van der Waals surface area contributed by atoms with E-state index in [4.69, 9.17) is 24.3 Å². The van der Waals surface area contributed by atoms with E-state index < -0.39 is 5.54 Å². The van der Waals surface area contributed by atoms with Crippen LogP contribution < -0.4 is 14.8 Å². The van der Waals surface area contributed by atoms with Crippen LogP contribution in [-0.4, -0.2) is 55.9 Å². The first kappa shape index (κ1) is 26.7. The number of hydrogen-bond acceptors (Lipinski definition) is 6. The topological polar surface area (TPSA) is 89.4 Å². The van der Waals surface area contributed by atoms with Crippen LogP contribution in [0.2, 0.25) is 0 Å². The lowest BCUT2D eigenvalue weighted by Crippen LogP contribution is -2.49. The summed E-state index contributed by atoms with van der Waals surface area (Å²) in [6, 6.07) is 23.1. The molecule has 37 heavy (non-hydrogen) atoms. The highest BCUT2D eigenvalue weighted by atomic mass is 79.9. The van der Waals surface area contributed by atoms with Gasteiger partial charge in [-0.05, 0) is 60.0 Å². The molecule has 0 fully saturated rings. The second-order valence-corrected chi connectivity index (χ2v) is 9.66. The molecule has 2 N–H and O–H groups in total. The Kier molecular flexibility index (Phi) is 9.19. The van der Waals surface area contributed by atoms with Crippen LogP contribution in [0.3, 0.4) is 0 Å². The number of aliphatic hydroxyl groups is 1. The van der Waals surface area contributed by atoms with Crippen molar-refractivity contribution in [2.75, 3.05) is 33.5 Å². The number of methoxy groups -OCH3 is 1. The summed E-state index contributed by atoms with van der Waals surface area (Å²) in [5.41, 5.74) is 1.77. The third-order valence-electron chi connectivity index (χ3n) is 6.16. The second-order valence-electron chi connectivity index (χ2n) is 8.81. The van der Waals surface area contributed by atoms with Gasteiger partial charge in [0.05, 0.1) is 13.7 Å². The first-order valence-electron chi connectivity index (χ1n) is 12.2. The number of carbonyl (C=O) groups excluding carboxylic acids is 1. The van der Waals surface area contributed by atoms with E-state index in [2.05, 4.69) is 21.2 Å². The Morgan fingerprint density at radius 2 is 1.81 bits per heavy atom. The highest BCUT2D eigenvalue weighted by Gasteiger charge is 2.44. The average Bonchev–Trinajstić information content (AvgIpc) is 3.36. The summed E-state index contributed by atoms with van der Waals surface area (Å²) in [6.45, 7) is 1.16. The molecule has 3 aromatic carbocycles.